The molecule has 0 bridgehead atoms. The topological polar surface area (TPSA) is 48.9 Å². The average molecular weight is 492 g/mol. The van der Waals surface area contributed by atoms with Crippen LogP contribution >= 0.6 is 24.0 Å². The van der Waals surface area contributed by atoms with Gasteiger partial charge in [0, 0.05) is 32.2 Å². The van der Waals surface area contributed by atoms with Crippen molar-refractivity contribution in [3.8, 4) is 0 Å². The van der Waals surface area contributed by atoms with Crippen molar-refractivity contribution in [1.82, 2.24) is 15.5 Å². The number of nitrogens with zero attached hydrogens (tertiary/aromatic N) is 2. The maximum absolute atomic E-state index is 13.3. The lowest BCUT2D eigenvalue weighted by Crippen LogP contribution is -2.51. The Kier molecular flexibility index (Phi) is 11.9. The molecule has 0 aromatic heterocycles. The van der Waals surface area contributed by atoms with Crippen molar-refractivity contribution in [3.05, 3.63) is 35.6 Å². The molecule has 0 saturated carbocycles. The van der Waals surface area contributed by atoms with Crippen LogP contribution in [0.15, 0.2) is 29.3 Å². The highest BCUT2D eigenvalue weighted by atomic mass is 127. The van der Waals surface area contributed by atoms with Crippen LogP contribution in [0.5, 0.6) is 0 Å². The van der Waals surface area contributed by atoms with Crippen LogP contribution in [0, 0.1) is 11.7 Å². The Hall–Kier alpha value is -0.930. The zero-order valence-electron chi connectivity index (χ0n) is 16.7. The smallest absolute Gasteiger partial charge is 0.191 e. The minimum absolute atomic E-state index is 0. The van der Waals surface area contributed by atoms with E-state index in [4.69, 9.17) is 4.74 Å². The first-order valence-electron chi connectivity index (χ1n) is 9.67. The lowest BCUT2D eigenvalue weighted by molar-refractivity contribution is 0.0132. The predicted molar refractivity (Wildman–Crippen MR) is 120 cm³/mol. The van der Waals surface area contributed by atoms with Gasteiger partial charge in [-0.15, -0.1) is 24.0 Å². The summed E-state index contributed by atoms with van der Waals surface area (Å²) in [5.41, 5.74) is 0.870. The van der Waals surface area contributed by atoms with E-state index in [1.165, 1.54) is 12.1 Å². The number of morpholine rings is 1. The summed E-state index contributed by atoms with van der Waals surface area (Å²) in [6, 6.07) is 7.05. The van der Waals surface area contributed by atoms with Crippen molar-refractivity contribution in [3.63, 3.8) is 0 Å². The first-order valence-corrected chi connectivity index (χ1v) is 9.67. The molecule has 1 aliphatic heterocycles. The summed E-state index contributed by atoms with van der Waals surface area (Å²) in [7, 11) is 0. The number of benzene rings is 1. The third-order valence-electron chi connectivity index (χ3n) is 4.46. The van der Waals surface area contributed by atoms with Gasteiger partial charge in [0.1, 0.15) is 5.82 Å². The second-order valence-electron chi connectivity index (χ2n) is 7.14. The third kappa shape index (κ3) is 9.21. The zero-order valence-corrected chi connectivity index (χ0v) is 19.0. The molecule has 0 amide bonds. The molecule has 1 saturated heterocycles. The zero-order chi connectivity index (χ0) is 18.8. The van der Waals surface area contributed by atoms with Crippen molar-refractivity contribution < 1.29 is 9.13 Å². The summed E-state index contributed by atoms with van der Waals surface area (Å²) >= 11 is 0. The largest absolute Gasteiger partial charge is 0.379 e. The molecule has 1 unspecified atom stereocenters. The monoisotopic (exact) mass is 492 g/mol. The standard InChI is InChI=1S/C20H33FN4O.HI/c1-4-22-20(23-14-17-6-5-7-18(21)13-17)24-15-19(12-16(2)3)25-8-10-26-11-9-25;/h5-7,13,16,19H,4,8-12,14-15H2,1-3H3,(H2,22,23,24);1H. The Morgan fingerprint density at radius 2 is 2.00 bits per heavy atom. The van der Waals surface area contributed by atoms with Crippen molar-refractivity contribution in [1.29, 1.82) is 0 Å². The quantitative estimate of drug-likeness (QED) is 0.333. The van der Waals surface area contributed by atoms with E-state index in [2.05, 4.69) is 34.4 Å². The summed E-state index contributed by atoms with van der Waals surface area (Å²) < 4.78 is 18.8. The van der Waals surface area contributed by atoms with E-state index in [0.717, 1.165) is 57.3 Å². The summed E-state index contributed by atoms with van der Waals surface area (Å²) in [6.45, 7) is 12.2. The van der Waals surface area contributed by atoms with Gasteiger partial charge in [0.2, 0.25) is 0 Å². The molecule has 5 nitrogen and oxygen atoms in total. The number of hydrogen-bond donors (Lipinski definition) is 2. The molecular weight excluding hydrogens is 458 g/mol. The van der Waals surface area contributed by atoms with Crippen molar-refractivity contribution in [2.24, 2.45) is 10.9 Å². The normalized spacial score (nSPS) is 16.7. The first-order chi connectivity index (χ1) is 12.6. The Bertz CT molecular complexity index is 565. The molecule has 0 aliphatic carbocycles. The van der Waals surface area contributed by atoms with E-state index in [9.17, 15) is 4.39 Å². The van der Waals surface area contributed by atoms with Crippen molar-refractivity contribution in [2.75, 3.05) is 39.4 Å². The van der Waals surface area contributed by atoms with Crippen LogP contribution in [0.25, 0.3) is 0 Å². The minimum Gasteiger partial charge on any atom is -0.379 e. The number of guanidine groups is 1. The van der Waals surface area contributed by atoms with Crippen molar-refractivity contribution >= 4 is 29.9 Å². The summed E-state index contributed by atoms with van der Waals surface area (Å²) in [6.07, 6.45) is 1.14. The van der Waals surface area contributed by atoms with Gasteiger partial charge in [0.25, 0.3) is 0 Å². The Balaban J connectivity index is 0.00000364. The summed E-state index contributed by atoms with van der Waals surface area (Å²) in [5.74, 6) is 1.19. The van der Waals surface area contributed by atoms with E-state index in [0.29, 0.717) is 18.5 Å². The molecule has 154 valence electrons. The maximum Gasteiger partial charge on any atom is 0.191 e. The van der Waals surface area contributed by atoms with E-state index in [-0.39, 0.29) is 29.8 Å². The van der Waals surface area contributed by atoms with Gasteiger partial charge in [-0.1, -0.05) is 26.0 Å². The molecule has 1 atom stereocenters. The maximum atomic E-state index is 13.3. The van der Waals surface area contributed by atoms with Crippen LogP contribution in [0.2, 0.25) is 0 Å². The number of halogens is 2. The highest BCUT2D eigenvalue weighted by Gasteiger charge is 2.22. The number of hydrogen-bond acceptors (Lipinski definition) is 3. The van der Waals surface area contributed by atoms with Crippen LogP contribution in [0.3, 0.4) is 0 Å². The Morgan fingerprint density at radius 3 is 2.63 bits per heavy atom. The van der Waals surface area contributed by atoms with Gasteiger partial charge >= 0.3 is 0 Å². The molecule has 1 aromatic carbocycles. The molecule has 1 heterocycles. The van der Waals surface area contributed by atoms with Crippen LogP contribution in [0.1, 0.15) is 32.8 Å². The Morgan fingerprint density at radius 1 is 1.26 bits per heavy atom. The van der Waals surface area contributed by atoms with E-state index in [1.54, 1.807) is 6.07 Å². The summed E-state index contributed by atoms with van der Waals surface area (Å²) in [4.78, 5) is 7.11. The van der Waals surface area contributed by atoms with E-state index < -0.39 is 0 Å². The van der Waals surface area contributed by atoms with E-state index in [1.807, 2.05) is 13.0 Å². The molecule has 1 aromatic rings. The highest BCUT2D eigenvalue weighted by molar-refractivity contribution is 14.0. The fourth-order valence-corrected chi connectivity index (χ4v) is 3.21. The SMILES string of the molecule is CCNC(=NCc1cccc(F)c1)NCC(CC(C)C)N1CCOCC1.I. The predicted octanol–water partition coefficient (Wildman–Crippen LogP) is 3.25. The second-order valence-corrected chi connectivity index (χ2v) is 7.14. The molecule has 7 heteroatoms. The highest BCUT2D eigenvalue weighted by Crippen LogP contribution is 2.13. The Labute approximate surface area is 180 Å². The van der Waals surface area contributed by atoms with Crippen LogP contribution < -0.4 is 10.6 Å². The number of aliphatic imine (C=N–C) groups is 1. The summed E-state index contributed by atoms with van der Waals surface area (Å²) in [5, 5.41) is 6.75. The van der Waals surface area contributed by atoms with Crippen molar-refractivity contribution in [2.45, 2.75) is 39.8 Å². The lowest BCUT2D eigenvalue weighted by Gasteiger charge is -2.35. The van der Waals surface area contributed by atoms with Crippen LogP contribution in [-0.2, 0) is 11.3 Å². The lowest BCUT2D eigenvalue weighted by atomic mass is 10.0. The minimum atomic E-state index is -0.222. The van der Waals surface area contributed by atoms with Gasteiger partial charge in [-0.05, 0) is 37.0 Å². The molecule has 2 rings (SSSR count). The third-order valence-corrected chi connectivity index (χ3v) is 4.46. The van der Waals surface area contributed by atoms with Gasteiger partial charge < -0.3 is 15.4 Å². The molecule has 0 radical (unpaired) electrons. The molecule has 1 fully saturated rings. The molecule has 27 heavy (non-hydrogen) atoms. The van der Waals surface area contributed by atoms with Gasteiger partial charge in [-0.25, -0.2) is 9.38 Å². The first kappa shape index (κ1) is 24.1. The molecule has 0 spiro atoms. The second kappa shape index (κ2) is 13.3. The van der Waals surface area contributed by atoms with Gasteiger partial charge in [-0.3, -0.25) is 4.90 Å². The number of ether oxygens (including phenoxy) is 1. The molecule has 2 N–H and O–H groups in total. The molecule has 1 aliphatic rings. The van der Waals surface area contributed by atoms with Crippen LogP contribution in [0.4, 0.5) is 4.39 Å². The van der Waals surface area contributed by atoms with E-state index >= 15 is 0 Å². The fraction of sp³-hybridized carbons (Fsp3) is 0.650. The number of rotatable bonds is 8. The van der Waals surface area contributed by atoms with Gasteiger partial charge in [0.05, 0.1) is 19.8 Å². The number of nitrogens with one attached hydrogen (secondary N) is 2. The van der Waals surface area contributed by atoms with Gasteiger partial charge in [-0.2, -0.15) is 0 Å². The van der Waals surface area contributed by atoms with Gasteiger partial charge in [0.15, 0.2) is 5.96 Å². The fourth-order valence-electron chi connectivity index (χ4n) is 3.21. The average Bonchev–Trinajstić information content (AvgIpc) is 2.63. The molecular formula is C20H34FIN4O. The van der Waals surface area contributed by atoms with Crippen LogP contribution in [-0.4, -0.2) is 56.3 Å².